The summed E-state index contributed by atoms with van der Waals surface area (Å²) in [5, 5.41) is 0. The predicted molar refractivity (Wildman–Crippen MR) is 80.1 cm³/mol. The van der Waals surface area contributed by atoms with Gasteiger partial charge in [-0.3, -0.25) is 4.79 Å². The molecular weight excluding hydrogens is 290 g/mol. The Labute approximate surface area is 125 Å². The molecule has 5 nitrogen and oxygen atoms in total. The van der Waals surface area contributed by atoms with Crippen LogP contribution in [0.15, 0.2) is 29.2 Å². The fraction of sp³-hybridized carbons (Fsp3) is 0.533. The van der Waals surface area contributed by atoms with Gasteiger partial charge in [-0.2, -0.15) is 0 Å². The molecule has 1 saturated heterocycles. The first kappa shape index (κ1) is 15.8. The zero-order chi connectivity index (χ0) is 15.5. The van der Waals surface area contributed by atoms with E-state index in [4.69, 9.17) is 4.74 Å². The van der Waals surface area contributed by atoms with Crippen LogP contribution in [0.5, 0.6) is 5.75 Å². The van der Waals surface area contributed by atoms with Gasteiger partial charge in [0.25, 0.3) is 0 Å². The molecule has 1 amide bonds. The molecule has 1 heterocycles. The van der Waals surface area contributed by atoms with Crippen LogP contribution in [0, 0.1) is 0 Å². The normalized spacial score (nSPS) is 19.3. The van der Waals surface area contributed by atoms with E-state index in [2.05, 4.69) is 0 Å². The lowest BCUT2D eigenvalue weighted by Crippen LogP contribution is -2.44. The molecule has 1 atom stereocenters. The van der Waals surface area contributed by atoms with Gasteiger partial charge < -0.3 is 9.64 Å². The second-order valence-electron chi connectivity index (χ2n) is 5.37. The number of rotatable bonds is 4. The van der Waals surface area contributed by atoms with Gasteiger partial charge in [0.2, 0.25) is 5.91 Å². The number of carbonyl (C=O) groups is 1. The third-order valence-corrected chi connectivity index (χ3v) is 5.47. The summed E-state index contributed by atoms with van der Waals surface area (Å²) in [6.07, 6.45) is 2.98. The lowest BCUT2D eigenvalue weighted by Gasteiger charge is -2.33. The second kappa shape index (κ2) is 6.47. The van der Waals surface area contributed by atoms with Gasteiger partial charge >= 0.3 is 0 Å². The lowest BCUT2D eigenvalue weighted by molar-refractivity contribution is -0.131. The summed E-state index contributed by atoms with van der Waals surface area (Å²) in [6.45, 7) is 2.62. The Morgan fingerprint density at radius 3 is 2.52 bits per heavy atom. The summed E-state index contributed by atoms with van der Waals surface area (Å²) < 4.78 is 29.6. The monoisotopic (exact) mass is 311 g/mol. The van der Waals surface area contributed by atoms with Gasteiger partial charge in [-0.15, -0.1) is 0 Å². The van der Waals surface area contributed by atoms with Crippen LogP contribution in [-0.2, 0) is 14.6 Å². The Morgan fingerprint density at radius 1 is 1.29 bits per heavy atom. The van der Waals surface area contributed by atoms with E-state index in [1.54, 1.807) is 17.0 Å². The van der Waals surface area contributed by atoms with Gasteiger partial charge in [0.05, 0.1) is 12.0 Å². The Hall–Kier alpha value is -1.56. The Morgan fingerprint density at radius 2 is 1.95 bits per heavy atom. The average molecular weight is 311 g/mol. The highest BCUT2D eigenvalue weighted by atomic mass is 32.2. The van der Waals surface area contributed by atoms with Crippen molar-refractivity contribution in [3.05, 3.63) is 24.3 Å². The van der Waals surface area contributed by atoms with Crippen LogP contribution in [0.25, 0.3) is 0 Å². The molecule has 6 heteroatoms. The van der Waals surface area contributed by atoms with Gasteiger partial charge in [-0.1, -0.05) is 0 Å². The number of amides is 1. The highest BCUT2D eigenvalue weighted by Gasteiger charge is 2.28. The third-order valence-electron chi connectivity index (χ3n) is 3.86. The summed E-state index contributed by atoms with van der Waals surface area (Å²) in [6, 6.07) is 6.24. The first-order valence-corrected chi connectivity index (χ1v) is 8.75. The molecule has 0 radical (unpaired) electrons. The van der Waals surface area contributed by atoms with Crippen molar-refractivity contribution in [1.29, 1.82) is 0 Å². The van der Waals surface area contributed by atoms with Crippen molar-refractivity contribution in [3.63, 3.8) is 0 Å². The van der Waals surface area contributed by atoms with Crippen LogP contribution in [0.1, 0.15) is 26.2 Å². The minimum atomic E-state index is -3.60. The molecule has 0 spiro atoms. The molecule has 1 fully saturated rings. The number of sulfone groups is 1. The van der Waals surface area contributed by atoms with Gasteiger partial charge in [0, 0.05) is 12.6 Å². The van der Waals surface area contributed by atoms with Crippen LogP contribution in [0.4, 0.5) is 0 Å². The van der Waals surface area contributed by atoms with Gasteiger partial charge in [-0.25, -0.2) is 8.42 Å². The number of likely N-dealkylation sites (tertiary alicyclic amines) is 1. The Bertz CT molecular complexity index is 595. The Balaban J connectivity index is 2.10. The van der Waals surface area contributed by atoms with Crippen LogP contribution in [-0.4, -0.2) is 44.7 Å². The molecule has 0 N–H and O–H groups in total. The van der Waals surface area contributed by atoms with Crippen LogP contribution >= 0.6 is 0 Å². The minimum absolute atomic E-state index is 0.123. The maximum atomic E-state index is 12.3. The molecule has 1 aromatic rings. The molecule has 1 aliphatic rings. The standard InChI is InChI=1S/C15H21NO4S/c1-12-5-3-4-10-16(12)15(17)11-21(18,19)14-8-6-13(20-2)7-9-14/h6-9,12H,3-5,10-11H2,1-2H3. The quantitative estimate of drug-likeness (QED) is 0.851. The zero-order valence-corrected chi connectivity index (χ0v) is 13.2. The number of nitrogens with zero attached hydrogens (tertiary/aromatic N) is 1. The molecule has 1 aromatic carbocycles. The molecule has 116 valence electrons. The second-order valence-corrected chi connectivity index (χ2v) is 7.36. The van der Waals surface area contributed by atoms with Crippen molar-refractivity contribution < 1.29 is 17.9 Å². The molecule has 0 aromatic heterocycles. The van der Waals surface area contributed by atoms with Crippen molar-refractivity contribution in [1.82, 2.24) is 4.90 Å². The summed E-state index contributed by atoms with van der Waals surface area (Å²) >= 11 is 0. The summed E-state index contributed by atoms with van der Waals surface area (Å²) in [5.41, 5.74) is 0. The number of benzene rings is 1. The smallest absolute Gasteiger partial charge is 0.238 e. The van der Waals surface area contributed by atoms with Crippen LogP contribution in [0.2, 0.25) is 0 Å². The third kappa shape index (κ3) is 3.75. The molecule has 0 aliphatic carbocycles. The zero-order valence-electron chi connectivity index (χ0n) is 12.4. The van der Waals surface area contributed by atoms with Crippen molar-refractivity contribution in [2.24, 2.45) is 0 Å². The largest absolute Gasteiger partial charge is 0.497 e. The summed E-state index contributed by atoms with van der Waals surface area (Å²) in [5.74, 6) is -0.188. The van der Waals surface area contributed by atoms with E-state index >= 15 is 0 Å². The molecule has 21 heavy (non-hydrogen) atoms. The predicted octanol–water partition coefficient (Wildman–Crippen LogP) is 1.87. The fourth-order valence-corrected chi connectivity index (χ4v) is 3.79. The van der Waals surface area contributed by atoms with E-state index in [0.717, 1.165) is 19.3 Å². The van der Waals surface area contributed by atoms with Crippen LogP contribution in [0.3, 0.4) is 0 Å². The van der Waals surface area contributed by atoms with Gasteiger partial charge in [-0.05, 0) is 50.5 Å². The van der Waals surface area contributed by atoms with Crippen LogP contribution < -0.4 is 4.74 Å². The fourth-order valence-electron chi connectivity index (χ4n) is 2.58. The average Bonchev–Trinajstić information content (AvgIpc) is 2.47. The van der Waals surface area contributed by atoms with E-state index in [9.17, 15) is 13.2 Å². The van der Waals surface area contributed by atoms with Crippen molar-refractivity contribution in [2.75, 3.05) is 19.4 Å². The van der Waals surface area contributed by atoms with Crippen molar-refractivity contribution in [3.8, 4) is 5.75 Å². The van der Waals surface area contributed by atoms with Crippen molar-refractivity contribution >= 4 is 15.7 Å². The maximum Gasteiger partial charge on any atom is 0.238 e. The van der Waals surface area contributed by atoms with E-state index in [1.807, 2.05) is 6.92 Å². The topological polar surface area (TPSA) is 63.7 Å². The molecule has 2 rings (SSSR count). The summed E-state index contributed by atoms with van der Waals surface area (Å²) in [4.78, 5) is 14.1. The van der Waals surface area contributed by atoms with Gasteiger partial charge in [0.1, 0.15) is 11.5 Å². The summed E-state index contributed by atoms with van der Waals surface area (Å²) in [7, 11) is -2.09. The number of ether oxygens (including phenoxy) is 1. The first-order chi connectivity index (χ1) is 9.94. The van der Waals surface area contributed by atoms with Gasteiger partial charge in [0.15, 0.2) is 9.84 Å². The molecular formula is C15H21NO4S. The number of piperidine rings is 1. The lowest BCUT2D eigenvalue weighted by atomic mass is 10.0. The van der Waals surface area contributed by atoms with E-state index < -0.39 is 15.6 Å². The SMILES string of the molecule is COc1ccc(S(=O)(=O)CC(=O)N2CCCCC2C)cc1. The molecule has 1 aliphatic heterocycles. The highest BCUT2D eigenvalue weighted by Crippen LogP contribution is 2.20. The first-order valence-electron chi connectivity index (χ1n) is 7.10. The Kier molecular flexibility index (Phi) is 4.88. The number of methoxy groups -OCH3 is 1. The number of hydrogen-bond donors (Lipinski definition) is 0. The molecule has 0 bridgehead atoms. The van der Waals surface area contributed by atoms with E-state index in [1.165, 1.54) is 19.2 Å². The maximum absolute atomic E-state index is 12.3. The number of hydrogen-bond acceptors (Lipinski definition) is 4. The molecule has 1 unspecified atom stereocenters. The molecule has 0 saturated carbocycles. The minimum Gasteiger partial charge on any atom is -0.497 e. The van der Waals surface area contributed by atoms with E-state index in [0.29, 0.717) is 12.3 Å². The highest BCUT2D eigenvalue weighted by molar-refractivity contribution is 7.92. The van der Waals surface area contributed by atoms with E-state index in [-0.39, 0.29) is 16.8 Å². The number of carbonyl (C=O) groups excluding carboxylic acids is 1. The van der Waals surface area contributed by atoms with Crippen molar-refractivity contribution in [2.45, 2.75) is 37.1 Å².